The minimum absolute atomic E-state index is 0.0807. The summed E-state index contributed by atoms with van der Waals surface area (Å²) in [7, 11) is 1.72. The molecule has 1 aliphatic heterocycles. The second-order valence-electron chi connectivity index (χ2n) is 16.1. The summed E-state index contributed by atoms with van der Waals surface area (Å²) in [5.41, 5.74) is 7.26. The van der Waals surface area contributed by atoms with Gasteiger partial charge in [0.25, 0.3) is 5.91 Å². The van der Waals surface area contributed by atoms with Crippen LogP contribution in [0.2, 0.25) is 0 Å². The average Bonchev–Trinajstić information content (AvgIpc) is 3.13. The van der Waals surface area contributed by atoms with Crippen molar-refractivity contribution in [2.24, 2.45) is 23.0 Å². The highest BCUT2D eigenvalue weighted by molar-refractivity contribution is 6.38. The third-order valence-electron chi connectivity index (χ3n) is 9.72. The van der Waals surface area contributed by atoms with E-state index in [1.165, 1.54) is 6.20 Å². The number of carbonyl (C=O) groups is 6. The molecule has 0 saturated heterocycles. The fourth-order valence-corrected chi connectivity index (χ4v) is 6.84. The van der Waals surface area contributed by atoms with Crippen LogP contribution < -0.4 is 27.0 Å². The number of Topliss-reactive ketones (excluding diaryl/α,β-unsaturated/α-hetero) is 1. The van der Waals surface area contributed by atoms with Crippen LogP contribution in [-0.2, 0) is 46.5 Å². The Morgan fingerprint density at radius 2 is 1.63 bits per heavy atom. The van der Waals surface area contributed by atoms with E-state index in [1.807, 2.05) is 52.0 Å². The summed E-state index contributed by atoms with van der Waals surface area (Å²) in [5.74, 6) is -3.24. The van der Waals surface area contributed by atoms with Gasteiger partial charge in [-0.3, -0.25) is 28.8 Å². The maximum Gasteiger partial charge on any atom is 0.290 e. The van der Waals surface area contributed by atoms with Gasteiger partial charge in [-0.2, -0.15) is 0 Å². The van der Waals surface area contributed by atoms with E-state index < -0.39 is 60.1 Å². The van der Waals surface area contributed by atoms with Crippen molar-refractivity contribution in [3.05, 3.63) is 48.2 Å². The van der Waals surface area contributed by atoms with E-state index in [0.717, 1.165) is 49.8 Å². The number of primary amides is 1. The molecule has 1 fully saturated rings. The van der Waals surface area contributed by atoms with Gasteiger partial charge in [0, 0.05) is 26.7 Å². The number of nitrogens with zero attached hydrogens (tertiary/aromatic N) is 1. The number of hydrogen-bond acceptors (Lipinski definition) is 8. The van der Waals surface area contributed by atoms with Crippen LogP contribution in [0.25, 0.3) is 0 Å². The molecule has 0 radical (unpaired) electrons. The van der Waals surface area contributed by atoms with Crippen molar-refractivity contribution in [3.63, 3.8) is 0 Å². The summed E-state index contributed by atoms with van der Waals surface area (Å²) < 4.78 is 4.80. The van der Waals surface area contributed by atoms with Gasteiger partial charge in [-0.25, -0.2) is 0 Å². The number of carbonyl (C=O) groups excluding carboxylic acids is 6. The van der Waals surface area contributed by atoms with Gasteiger partial charge in [0.05, 0.1) is 12.6 Å². The maximum atomic E-state index is 14.2. The molecule has 1 heterocycles. The number of nitrogens with one attached hydrogen (secondary N) is 4. The number of ketones is 1. The maximum absolute atomic E-state index is 14.2. The van der Waals surface area contributed by atoms with Crippen molar-refractivity contribution in [1.29, 1.82) is 0 Å². The minimum atomic E-state index is -1.16. The number of nitrogens with two attached hydrogens (primary N) is 1. The average molecular weight is 755 g/mol. The second-order valence-corrected chi connectivity index (χ2v) is 16.1. The highest BCUT2D eigenvalue weighted by Gasteiger charge is 2.41. The fourth-order valence-electron chi connectivity index (χ4n) is 6.84. The van der Waals surface area contributed by atoms with Crippen LogP contribution in [0.4, 0.5) is 0 Å². The number of amides is 5. The van der Waals surface area contributed by atoms with Crippen molar-refractivity contribution < 1.29 is 33.5 Å². The summed E-state index contributed by atoms with van der Waals surface area (Å²) in [6.45, 7) is 16.4. The number of benzene rings is 1. The molecule has 6 N–H and O–H groups in total. The lowest BCUT2D eigenvalue weighted by Crippen LogP contribution is -2.60. The molecule has 13 heteroatoms. The minimum Gasteiger partial charge on any atom is -0.384 e. The molecule has 3 rings (SSSR count). The third-order valence-corrected chi connectivity index (χ3v) is 9.72. The van der Waals surface area contributed by atoms with Crippen LogP contribution in [0, 0.1) is 17.3 Å². The van der Waals surface area contributed by atoms with Gasteiger partial charge < -0.3 is 36.6 Å². The zero-order valence-corrected chi connectivity index (χ0v) is 33.6. The summed E-state index contributed by atoms with van der Waals surface area (Å²) in [4.78, 5) is 80.3. The molecule has 5 amide bonds. The predicted molar refractivity (Wildman–Crippen MR) is 210 cm³/mol. The molecule has 1 aromatic rings. The van der Waals surface area contributed by atoms with Crippen LogP contribution in [0.15, 0.2) is 37.0 Å². The Hall–Kier alpha value is -4.26. The van der Waals surface area contributed by atoms with Crippen molar-refractivity contribution in [1.82, 2.24) is 26.2 Å². The molecule has 0 spiro atoms. The van der Waals surface area contributed by atoms with Crippen LogP contribution in [0.3, 0.4) is 0 Å². The van der Waals surface area contributed by atoms with E-state index >= 15 is 0 Å². The zero-order valence-electron chi connectivity index (χ0n) is 33.6. The Kier molecular flexibility index (Phi) is 19.4. The van der Waals surface area contributed by atoms with Gasteiger partial charge in [-0.1, -0.05) is 98.1 Å². The van der Waals surface area contributed by atoms with E-state index in [-0.39, 0.29) is 36.6 Å². The summed E-state index contributed by atoms with van der Waals surface area (Å²) >= 11 is 0. The lowest BCUT2D eigenvalue weighted by Gasteiger charge is -2.40. The number of rotatable bonds is 18. The van der Waals surface area contributed by atoms with Crippen LogP contribution >= 0.6 is 0 Å². The molecule has 1 aromatic carbocycles. The van der Waals surface area contributed by atoms with E-state index in [4.69, 9.17) is 10.5 Å². The first kappa shape index (κ1) is 45.9. The molecular formula is C41H66N6O7. The molecule has 0 bridgehead atoms. The SMILES string of the molecule is C=CNC(C(=O)N1Cc2ccccc2CC1C(=O)NC(CCC)C(=O)C(=O)NCC(=O)NC(CCC(C)(C)C)C(N)=O)C1CCCCC1.COCC(C)C. The molecule has 1 saturated carbocycles. The molecule has 0 aromatic heterocycles. The Morgan fingerprint density at radius 1 is 0.981 bits per heavy atom. The summed E-state index contributed by atoms with van der Waals surface area (Å²) in [5, 5.41) is 10.7. The first-order valence-corrected chi connectivity index (χ1v) is 19.5. The first-order chi connectivity index (χ1) is 25.5. The number of methoxy groups -OCH3 is 1. The molecule has 54 heavy (non-hydrogen) atoms. The predicted octanol–water partition coefficient (Wildman–Crippen LogP) is 3.68. The van der Waals surface area contributed by atoms with E-state index in [2.05, 4.69) is 41.7 Å². The van der Waals surface area contributed by atoms with Crippen molar-refractivity contribution in [2.45, 2.75) is 136 Å². The summed E-state index contributed by atoms with van der Waals surface area (Å²) in [6, 6.07) is 4.15. The quantitative estimate of drug-likeness (QED) is 0.140. The zero-order chi connectivity index (χ0) is 40.4. The number of fused-ring (bicyclic) bond motifs is 1. The van der Waals surface area contributed by atoms with Crippen molar-refractivity contribution in [3.8, 4) is 0 Å². The first-order valence-electron chi connectivity index (χ1n) is 19.5. The third kappa shape index (κ3) is 15.2. The molecule has 302 valence electrons. The van der Waals surface area contributed by atoms with Gasteiger partial charge in [0.1, 0.15) is 18.1 Å². The lowest BCUT2D eigenvalue weighted by atomic mass is 9.82. The molecule has 4 unspecified atom stereocenters. The Labute approximate surface area is 322 Å². The second kappa shape index (κ2) is 22.8. The topological polar surface area (TPSA) is 189 Å². The van der Waals surface area contributed by atoms with Crippen LogP contribution in [0.5, 0.6) is 0 Å². The van der Waals surface area contributed by atoms with Crippen molar-refractivity contribution in [2.75, 3.05) is 20.3 Å². The van der Waals surface area contributed by atoms with Crippen molar-refractivity contribution >= 4 is 35.3 Å². The van der Waals surface area contributed by atoms with Gasteiger partial charge in [-0.15, -0.1) is 0 Å². The molecule has 4 atom stereocenters. The largest absolute Gasteiger partial charge is 0.384 e. The Balaban J connectivity index is 0.00000155. The highest BCUT2D eigenvalue weighted by Crippen LogP contribution is 2.30. The van der Waals surface area contributed by atoms with Crippen LogP contribution in [-0.4, -0.2) is 84.6 Å². The smallest absolute Gasteiger partial charge is 0.290 e. The van der Waals surface area contributed by atoms with E-state index in [1.54, 1.807) is 12.0 Å². The highest BCUT2D eigenvalue weighted by atomic mass is 16.5. The lowest BCUT2D eigenvalue weighted by molar-refractivity contribution is -0.146. The monoisotopic (exact) mass is 754 g/mol. The molecule has 2 aliphatic rings. The fraction of sp³-hybridized carbons (Fsp3) is 0.659. The van der Waals surface area contributed by atoms with Crippen LogP contribution in [0.1, 0.15) is 110 Å². The Bertz CT molecular complexity index is 1420. The van der Waals surface area contributed by atoms with Gasteiger partial charge in [0.15, 0.2) is 0 Å². The number of ether oxygens (including phenoxy) is 1. The normalized spacial score (nSPS) is 17.4. The Morgan fingerprint density at radius 3 is 2.17 bits per heavy atom. The summed E-state index contributed by atoms with van der Waals surface area (Å²) in [6.07, 6.45) is 8.42. The molecule has 13 nitrogen and oxygen atoms in total. The molecule has 1 aliphatic carbocycles. The van der Waals surface area contributed by atoms with E-state index in [0.29, 0.717) is 25.2 Å². The van der Waals surface area contributed by atoms with Gasteiger partial charge in [-0.05, 0) is 66.7 Å². The van der Waals surface area contributed by atoms with Gasteiger partial charge >= 0.3 is 0 Å². The standard InChI is InChI=1S/C36H54N6O6.C5H12O/c1-6-13-26(31(44)34(47)39-21-29(43)40-27(32(37)45)18-19-36(3,4)5)41-33(46)28-20-24-16-11-12-17-25(24)22-42(28)35(48)30(38-7-2)23-14-9-8-10-15-23;1-5(2)4-6-3/h7,11-12,16-17,23,26-28,30,38H,2,6,8-10,13-15,18-22H2,1,3-5H3,(H2,37,45)(H,39,47)(H,40,43)(H,41,46);5H,4H2,1-3H3. The van der Waals surface area contributed by atoms with E-state index in [9.17, 15) is 28.8 Å². The van der Waals surface area contributed by atoms with Gasteiger partial charge in [0.2, 0.25) is 29.4 Å². The molecular weight excluding hydrogens is 688 g/mol. The number of hydrogen-bond donors (Lipinski definition) is 5.